The van der Waals surface area contributed by atoms with E-state index in [1.165, 1.54) is 18.2 Å². The van der Waals surface area contributed by atoms with Crippen LogP contribution in [-0.4, -0.2) is 14.7 Å². The molecule has 2 rings (SSSR count). The van der Waals surface area contributed by atoms with Crippen LogP contribution in [0.1, 0.15) is 5.56 Å². The lowest BCUT2D eigenvalue weighted by molar-refractivity contribution is -0.384. The van der Waals surface area contributed by atoms with E-state index >= 15 is 0 Å². The summed E-state index contributed by atoms with van der Waals surface area (Å²) < 4.78 is 1.61. The molecule has 0 saturated carbocycles. The summed E-state index contributed by atoms with van der Waals surface area (Å²) in [6.45, 7) is 0. The van der Waals surface area contributed by atoms with Gasteiger partial charge in [0.05, 0.1) is 28.1 Å². The van der Waals surface area contributed by atoms with E-state index in [9.17, 15) is 10.1 Å². The first-order valence-corrected chi connectivity index (χ1v) is 5.04. The zero-order valence-electron chi connectivity index (χ0n) is 9.49. The van der Waals surface area contributed by atoms with Gasteiger partial charge in [-0.05, 0) is 6.07 Å². The van der Waals surface area contributed by atoms with Gasteiger partial charge in [0.25, 0.3) is 5.69 Å². The first-order valence-electron chi connectivity index (χ1n) is 5.04. The van der Waals surface area contributed by atoms with Crippen LogP contribution < -0.4 is 5.32 Å². The molecule has 1 N–H and O–H groups in total. The Morgan fingerprint density at radius 2 is 2.33 bits per heavy atom. The highest BCUT2D eigenvalue weighted by Gasteiger charge is 2.11. The van der Waals surface area contributed by atoms with Gasteiger partial charge in [0, 0.05) is 25.4 Å². The lowest BCUT2D eigenvalue weighted by Crippen LogP contribution is -1.95. The summed E-state index contributed by atoms with van der Waals surface area (Å²) in [6, 6.07) is 6.01. The van der Waals surface area contributed by atoms with E-state index in [2.05, 4.69) is 10.4 Å². The van der Waals surface area contributed by atoms with Crippen molar-refractivity contribution in [1.29, 1.82) is 5.26 Å². The molecule has 2 aromatic rings. The van der Waals surface area contributed by atoms with Gasteiger partial charge >= 0.3 is 0 Å². The summed E-state index contributed by atoms with van der Waals surface area (Å²) in [5.41, 5.74) is 1.33. The lowest BCUT2D eigenvalue weighted by atomic mass is 10.1. The van der Waals surface area contributed by atoms with E-state index in [1.807, 2.05) is 6.07 Å². The molecular formula is C11H9N5O2. The predicted molar refractivity (Wildman–Crippen MR) is 64.3 cm³/mol. The van der Waals surface area contributed by atoms with Gasteiger partial charge in [-0.15, -0.1) is 0 Å². The molecule has 0 aliphatic heterocycles. The van der Waals surface area contributed by atoms with Crippen LogP contribution in [0.3, 0.4) is 0 Å². The fourth-order valence-electron chi connectivity index (χ4n) is 1.49. The van der Waals surface area contributed by atoms with Gasteiger partial charge in [-0.25, -0.2) is 0 Å². The fraction of sp³-hybridized carbons (Fsp3) is 0.0909. The highest BCUT2D eigenvalue weighted by Crippen LogP contribution is 2.24. The SMILES string of the molecule is Cn1cc(Nc2ccc([N+](=O)[O-])cc2C#N)cn1. The number of rotatable bonds is 3. The molecule has 0 fully saturated rings. The Balaban J connectivity index is 2.34. The molecule has 0 amide bonds. The molecule has 0 atom stereocenters. The van der Waals surface area contributed by atoms with Crippen molar-refractivity contribution in [2.45, 2.75) is 0 Å². The third kappa shape index (κ3) is 2.27. The third-order valence-electron chi connectivity index (χ3n) is 2.32. The lowest BCUT2D eigenvalue weighted by Gasteiger charge is -2.05. The number of hydrogen-bond donors (Lipinski definition) is 1. The maximum atomic E-state index is 10.6. The van der Waals surface area contributed by atoms with Crippen molar-refractivity contribution in [1.82, 2.24) is 9.78 Å². The Bertz CT molecular complexity index is 641. The van der Waals surface area contributed by atoms with Crippen LogP contribution in [-0.2, 0) is 7.05 Å². The minimum absolute atomic E-state index is 0.108. The minimum atomic E-state index is -0.533. The largest absolute Gasteiger partial charge is 0.352 e. The number of nitrogens with zero attached hydrogens (tertiary/aromatic N) is 4. The second-order valence-corrected chi connectivity index (χ2v) is 3.63. The number of aromatic nitrogens is 2. The molecule has 0 spiro atoms. The molecule has 90 valence electrons. The average Bonchev–Trinajstić information content (AvgIpc) is 2.75. The molecule has 7 nitrogen and oxygen atoms in total. The maximum Gasteiger partial charge on any atom is 0.270 e. The van der Waals surface area contributed by atoms with Crippen LogP contribution in [0.2, 0.25) is 0 Å². The molecule has 0 radical (unpaired) electrons. The Morgan fingerprint density at radius 1 is 1.56 bits per heavy atom. The number of nitriles is 1. The van der Waals surface area contributed by atoms with Gasteiger partial charge in [-0.2, -0.15) is 10.4 Å². The Morgan fingerprint density at radius 3 is 2.89 bits per heavy atom. The number of nitro benzene ring substituents is 1. The molecule has 0 unspecified atom stereocenters. The normalized spacial score (nSPS) is 9.78. The standard InChI is InChI=1S/C11H9N5O2/c1-15-7-9(6-13-15)14-11-3-2-10(16(17)18)4-8(11)5-12/h2-4,6-7,14H,1H3. The number of hydrogen-bond acceptors (Lipinski definition) is 5. The Kier molecular flexibility index (Phi) is 2.93. The summed E-state index contributed by atoms with van der Waals surface area (Å²) in [6.07, 6.45) is 3.34. The summed E-state index contributed by atoms with van der Waals surface area (Å²) in [7, 11) is 1.77. The zero-order valence-corrected chi connectivity index (χ0v) is 9.49. The third-order valence-corrected chi connectivity index (χ3v) is 2.32. The van der Waals surface area contributed by atoms with E-state index in [4.69, 9.17) is 5.26 Å². The maximum absolute atomic E-state index is 10.6. The molecule has 0 saturated heterocycles. The highest BCUT2D eigenvalue weighted by atomic mass is 16.6. The summed E-state index contributed by atoms with van der Waals surface area (Å²) in [5.74, 6) is 0. The molecule has 0 aliphatic carbocycles. The molecule has 1 heterocycles. The van der Waals surface area contributed by atoms with E-state index < -0.39 is 4.92 Å². The number of aryl methyl sites for hydroxylation is 1. The first kappa shape index (κ1) is 11.6. The second kappa shape index (κ2) is 4.55. The van der Waals surface area contributed by atoms with Gasteiger partial charge in [0.2, 0.25) is 0 Å². The van der Waals surface area contributed by atoms with E-state index in [-0.39, 0.29) is 11.3 Å². The molecule has 18 heavy (non-hydrogen) atoms. The number of anilines is 2. The van der Waals surface area contributed by atoms with Gasteiger partial charge in [0.15, 0.2) is 0 Å². The smallest absolute Gasteiger partial charge is 0.270 e. The Hall–Kier alpha value is -2.88. The molecule has 7 heteroatoms. The van der Waals surface area contributed by atoms with Gasteiger partial charge in [-0.3, -0.25) is 14.8 Å². The zero-order chi connectivity index (χ0) is 13.1. The van der Waals surface area contributed by atoms with Crippen LogP contribution in [0, 0.1) is 21.4 Å². The van der Waals surface area contributed by atoms with Crippen molar-refractivity contribution in [2.24, 2.45) is 7.05 Å². The van der Waals surface area contributed by atoms with E-state index in [0.717, 1.165) is 0 Å². The Labute approximate surface area is 102 Å². The van der Waals surface area contributed by atoms with Gasteiger partial charge in [0.1, 0.15) is 6.07 Å². The van der Waals surface area contributed by atoms with Gasteiger partial charge < -0.3 is 5.32 Å². The molecular weight excluding hydrogens is 234 g/mol. The van der Waals surface area contributed by atoms with Crippen molar-refractivity contribution in [3.8, 4) is 6.07 Å². The summed E-state index contributed by atoms with van der Waals surface area (Å²) in [5, 5.41) is 26.5. The number of nitrogens with one attached hydrogen (secondary N) is 1. The fourth-order valence-corrected chi connectivity index (χ4v) is 1.49. The van der Waals surface area contributed by atoms with Crippen molar-refractivity contribution in [3.63, 3.8) is 0 Å². The summed E-state index contributed by atoms with van der Waals surface area (Å²) in [4.78, 5) is 10.1. The van der Waals surface area contributed by atoms with Crippen molar-refractivity contribution in [2.75, 3.05) is 5.32 Å². The molecule has 1 aromatic heterocycles. The number of non-ortho nitro benzene ring substituents is 1. The van der Waals surface area contributed by atoms with Crippen molar-refractivity contribution in [3.05, 3.63) is 46.3 Å². The predicted octanol–water partition coefficient (Wildman–Crippen LogP) is 1.94. The van der Waals surface area contributed by atoms with Crippen molar-refractivity contribution >= 4 is 17.1 Å². The van der Waals surface area contributed by atoms with Crippen LogP contribution in [0.25, 0.3) is 0 Å². The van der Waals surface area contributed by atoms with E-state index in [0.29, 0.717) is 11.4 Å². The van der Waals surface area contributed by atoms with Crippen LogP contribution >= 0.6 is 0 Å². The molecule has 0 bridgehead atoms. The van der Waals surface area contributed by atoms with E-state index in [1.54, 1.807) is 24.1 Å². The van der Waals surface area contributed by atoms with Crippen molar-refractivity contribution < 1.29 is 4.92 Å². The average molecular weight is 243 g/mol. The summed E-state index contributed by atoms with van der Waals surface area (Å²) >= 11 is 0. The first-order chi connectivity index (χ1) is 8.60. The highest BCUT2D eigenvalue weighted by molar-refractivity contribution is 5.67. The molecule has 1 aromatic carbocycles. The number of nitro groups is 1. The molecule has 0 aliphatic rings. The minimum Gasteiger partial charge on any atom is -0.352 e. The topological polar surface area (TPSA) is 96.8 Å². The van der Waals surface area contributed by atoms with Crippen LogP contribution in [0.4, 0.5) is 17.1 Å². The van der Waals surface area contributed by atoms with Gasteiger partial charge in [-0.1, -0.05) is 0 Å². The number of benzene rings is 1. The quantitative estimate of drug-likeness (QED) is 0.656. The monoisotopic (exact) mass is 243 g/mol. The second-order valence-electron chi connectivity index (χ2n) is 3.63. The van der Waals surface area contributed by atoms with Crippen LogP contribution in [0.5, 0.6) is 0 Å². The van der Waals surface area contributed by atoms with Crippen LogP contribution in [0.15, 0.2) is 30.6 Å².